The van der Waals surface area contributed by atoms with Gasteiger partial charge >= 0.3 is 5.69 Å². The fraction of sp³-hybridized carbons (Fsp3) is 0.571. The minimum atomic E-state index is -3.02. The molecule has 2 saturated heterocycles. The van der Waals surface area contributed by atoms with Crippen LogP contribution in [0.1, 0.15) is 5.82 Å². The number of hydrogen-bond acceptors (Lipinski definition) is 9. The molecule has 0 amide bonds. The maximum Gasteiger partial charge on any atom is 0.340 e. The Morgan fingerprint density at radius 1 is 1.29 bits per heavy atom. The average molecular weight is 453 g/mol. The minimum absolute atomic E-state index is 0. The number of aromatic nitrogens is 5. The van der Waals surface area contributed by atoms with Gasteiger partial charge < -0.3 is 15.5 Å². The number of nitrogens with zero attached hydrogens (tertiary/aromatic N) is 4. The van der Waals surface area contributed by atoms with Crippen molar-refractivity contribution in [1.29, 1.82) is 0 Å². The van der Waals surface area contributed by atoms with Crippen LogP contribution in [0.15, 0.2) is 17.1 Å². The number of aromatic amines is 2. The summed E-state index contributed by atoms with van der Waals surface area (Å²) < 4.78 is 23.9. The standard InChI is InChI=1S/C14H20N8O3S.2ClH/c23-14-18-11(20-21-14)1-3-16-13-17-4-2-12(19-13)22-6-5-15-9-7-26(24,25)8-10(9)22;;/h2,4,9-10,15H,1,3,5-8H2,(H,16,17,19)(H2,18,20,21,23);2*1H/t9-,10+;;/m0../s1. The van der Waals surface area contributed by atoms with Crippen LogP contribution in [0.2, 0.25) is 0 Å². The van der Waals surface area contributed by atoms with Gasteiger partial charge in [-0.15, -0.1) is 24.8 Å². The molecule has 2 aliphatic heterocycles. The van der Waals surface area contributed by atoms with Crippen LogP contribution in [0.3, 0.4) is 0 Å². The van der Waals surface area contributed by atoms with E-state index in [4.69, 9.17) is 0 Å². The second-order valence-corrected chi connectivity index (χ2v) is 8.59. The molecule has 2 aliphatic rings. The molecule has 2 aromatic rings. The number of anilines is 2. The third-order valence-corrected chi connectivity index (χ3v) is 6.33. The van der Waals surface area contributed by atoms with Crippen molar-refractivity contribution in [3.05, 3.63) is 28.6 Å². The molecule has 4 heterocycles. The van der Waals surface area contributed by atoms with Gasteiger partial charge in [0, 0.05) is 38.3 Å². The van der Waals surface area contributed by atoms with Crippen molar-refractivity contribution in [3.8, 4) is 0 Å². The van der Waals surface area contributed by atoms with Gasteiger partial charge in [0.2, 0.25) is 5.95 Å². The third kappa shape index (κ3) is 4.93. The highest BCUT2D eigenvalue weighted by atomic mass is 35.5. The van der Waals surface area contributed by atoms with Crippen LogP contribution in [0.5, 0.6) is 0 Å². The van der Waals surface area contributed by atoms with Gasteiger partial charge in [0.15, 0.2) is 9.84 Å². The van der Waals surface area contributed by atoms with Gasteiger partial charge in [-0.3, -0.25) is 4.98 Å². The fourth-order valence-electron chi connectivity index (χ4n) is 3.46. The Kier molecular flexibility index (Phi) is 7.26. The monoisotopic (exact) mass is 452 g/mol. The van der Waals surface area contributed by atoms with Crippen LogP contribution in [-0.2, 0) is 16.3 Å². The van der Waals surface area contributed by atoms with Crippen molar-refractivity contribution >= 4 is 46.4 Å². The highest BCUT2D eigenvalue weighted by molar-refractivity contribution is 7.91. The Labute approximate surface area is 173 Å². The minimum Gasteiger partial charge on any atom is -0.354 e. The number of H-pyrrole nitrogens is 2. The molecule has 4 N–H and O–H groups in total. The topological polar surface area (TPSA) is 149 Å². The van der Waals surface area contributed by atoms with E-state index in [1.165, 1.54) is 0 Å². The first kappa shape index (κ1) is 22.4. The first-order valence-electron chi connectivity index (χ1n) is 8.41. The van der Waals surface area contributed by atoms with Crippen molar-refractivity contribution in [2.24, 2.45) is 0 Å². The van der Waals surface area contributed by atoms with Crippen LogP contribution in [0, 0.1) is 0 Å². The summed E-state index contributed by atoms with van der Waals surface area (Å²) in [6, 6.07) is 1.63. The molecule has 0 saturated carbocycles. The molecule has 0 unspecified atom stereocenters. The van der Waals surface area contributed by atoms with Crippen molar-refractivity contribution in [1.82, 2.24) is 30.5 Å². The fourth-order valence-corrected chi connectivity index (χ4v) is 5.42. The van der Waals surface area contributed by atoms with Crippen molar-refractivity contribution in [2.75, 3.05) is 41.4 Å². The van der Waals surface area contributed by atoms with E-state index >= 15 is 0 Å². The summed E-state index contributed by atoms with van der Waals surface area (Å²) in [6.45, 7) is 1.92. The molecule has 28 heavy (non-hydrogen) atoms. The summed E-state index contributed by atoms with van der Waals surface area (Å²) in [5.74, 6) is 2.04. The molecule has 0 radical (unpaired) electrons. The van der Waals surface area contributed by atoms with Gasteiger partial charge in [0.25, 0.3) is 0 Å². The Morgan fingerprint density at radius 2 is 2.11 bits per heavy atom. The molecule has 0 bridgehead atoms. The number of piperazine rings is 1. The number of nitrogens with one attached hydrogen (secondary N) is 4. The molecule has 4 rings (SSSR count). The number of rotatable bonds is 5. The van der Waals surface area contributed by atoms with E-state index in [9.17, 15) is 13.2 Å². The molecule has 156 valence electrons. The zero-order valence-electron chi connectivity index (χ0n) is 14.8. The predicted molar refractivity (Wildman–Crippen MR) is 110 cm³/mol. The molecule has 2 atom stereocenters. The van der Waals surface area contributed by atoms with Crippen molar-refractivity contribution in [3.63, 3.8) is 0 Å². The lowest BCUT2D eigenvalue weighted by atomic mass is 10.1. The second kappa shape index (κ2) is 9.07. The first-order valence-corrected chi connectivity index (χ1v) is 10.2. The molecular formula is C14H22Cl2N8O3S. The first-order chi connectivity index (χ1) is 12.5. The third-order valence-electron chi connectivity index (χ3n) is 4.61. The normalized spacial score (nSPS) is 22.6. The zero-order chi connectivity index (χ0) is 18.1. The highest BCUT2D eigenvalue weighted by Crippen LogP contribution is 2.25. The van der Waals surface area contributed by atoms with Gasteiger partial charge in [-0.05, 0) is 6.07 Å². The molecule has 2 aromatic heterocycles. The lowest BCUT2D eigenvalue weighted by Crippen LogP contribution is -2.57. The maximum atomic E-state index is 12.0. The number of halogens is 2. The molecule has 0 spiro atoms. The lowest BCUT2D eigenvalue weighted by Gasteiger charge is -2.38. The van der Waals surface area contributed by atoms with Gasteiger partial charge in [-0.1, -0.05) is 0 Å². The Balaban J connectivity index is 0.00000140. The Bertz CT molecular complexity index is 950. The smallest absolute Gasteiger partial charge is 0.340 e. The summed E-state index contributed by atoms with van der Waals surface area (Å²) >= 11 is 0. The van der Waals surface area contributed by atoms with Gasteiger partial charge in [0.05, 0.1) is 17.5 Å². The largest absolute Gasteiger partial charge is 0.354 e. The average Bonchev–Trinajstić information content (AvgIpc) is 3.15. The Hall–Kier alpha value is -1.89. The van der Waals surface area contributed by atoms with Crippen LogP contribution >= 0.6 is 24.8 Å². The van der Waals surface area contributed by atoms with Gasteiger partial charge in [0.1, 0.15) is 11.6 Å². The van der Waals surface area contributed by atoms with Crippen LogP contribution in [-0.4, -0.2) is 76.8 Å². The van der Waals surface area contributed by atoms with Gasteiger partial charge in [-0.2, -0.15) is 10.1 Å². The van der Waals surface area contributed by atoms with Gasteiger partial charge in [-0.25, -0.2) is 23.3 Å². The number of sulfone groups is 1. The van der Waals surface area contributed by atoms with E-state index in [0.29, 0.717) is 37.1 Å². The SMILES string of the molecule is Cl.Cl.O=c1[nH]nc(CCNc2nccc(N3CCN[C@H]4CS(=O)(=O)C[C@H]43)n2)[nH]1. The Morgan fingerprint density at radius 3 is 2.86 bits per heavy atom. The molecule has 14 heteroatoms. The molecule has 0 aliphatic carbocycles. The van der Waals surface area contributed by atoms with E-state index < -0.39 is 9.84 Å². The summed E-state index contributed by atoms with van der Waals surface area (Å²) in [7, 11) is -3.02. The van der Waals surface area contributed by atoms with E-state index in [-0.39, 0.29) is 54.1 Å². The predicted octanol–water partition coefficient (Wildman–Crippen LogP) is -1.04. The van der Waals surface area contributed by atoms with Crippen LogP contribution < -0.4 is 21.2 Å². The number of hydrogen-bond donors (Lipinski definition) is 4. The summed E-state index contributed by atoms with van der Waals surface area (Å²) in [6.07, 6.45) is 2.17. The van der Waals surface area contributed by atoms with E-state index in [0.717, 1.165) is 6.54 Å². The maximum absolute atomic E-state index is 12.0. The summed E-state index contributed by atoms with van der Waals surface area (Å²) in [5.41, 5.74) is -0.335. The molecule has 0 aromatic carbocycles. The van der Waals surface area contributed by atoms with E-state index in [2.05, 4.69) is 35.8 Å². The molecule has 11 nitrogen and oxygen atoms in total. The zero-order valence-corrected chi connectivity index (χ0v) is 17.2. The molecule has 2 fully saturated rings. The van der Waals surface area contributed by atoms with Crippen molar-refractivity contribution in [2.45, 2.75) is 18.5 Å². The number of fused-ring (bicyclic) bond motifs is 1. The van der Waals surface area contributed by atoms with E-state index in [1.54, 1.807) is 12.3 Å². The quantitative estimate of drug-likeness (QED) is 0.446. The van der Waals surface area contributed by atoms with Crippen molar-refractivity contribution < 1.29 is 8.42 Å². The summed E-state index contributed by atoms with van der Waals surface area (Å²) in [4.78, 5) is 24.4. The highest BCUT2D eigenvalue weighted by Gasteiger charge is 2.43. The molecular weight excluding hydrogens is 431 g/mol. The van der Waals surface area contributed by atoms with E-state index in [1.807, 2.05) is 4.90 Å². The lowest BCUT2D eigenvalue weighted by molar-refractivity contribution is 0.423. The second-order valence-electron chi connectivity index (χ2n) is 6.44. The van der Waals surface area contributed by atoms with Crippen LogP contribution in [0.25, 0.3) is 0 Å². The van der Waals surface area contributed by atoms with Crippen LogP contribution in [0.4, 0.5) is 11.8 Å². The summed E-state index contributed by atoms with van der Waals surface area (Å²) in [5, 5.41) is 12.5.